The molecule has 27 heavy (non-hydrogen) atoms. The second-order valence-corrected chi connectivity index (χ2v) is 6.88. The van der Waals surface area contributed by atoms with E-state index in [9.17, 15) is 20.1 Å². The number of rotatable bonds is 7. The van der Waals surface area contributed by atoms with Crippen LogP contribution in [0, 0.1) is 0 Å². The smallest absolute Gasteiger partial charge is 0.336 e. The van der Waals surface area contributed by atoms with Gasteiger partial charge >= 0.3 is 5.97 Å². The molecule has 0 unspecified atom stereocenters. The predicted molar refractivity (Wildman–Crippen MR) is 97.9 cm³/mol. The second kappa shape index (κ2) is 8.63. The van der Waals surface area contributed by atoms with Gasteiger partial charge in [0.05, 0.1) is 25.4 Å². The van der Waals surface area contributed by atoms with E-state index in [-0.39, 0.29) is 26.1 Å². The normalized spacial score (nSPS) is 28.0. The Kier molecular flexibility index (Phi) is 6.23. The fourth-order valence-electron chi connectivity index (χ4n) is 3.39. The molecule has 6 nitrogen and oxygen atoms in total. The number of carboxylic acids is 1. The van der Waals surface area contributed by atoms with E-state index < -0.39 is 29.9 Å². The number of hydrogen-bond acceptors (Lipinski definition) is 5. The Hall–Kier alpha value is -2.25. The highest BCUT2D eigenvalue weighted by atomic mass is 16.5. The average Bonchev–Trinajstić information content (AvgIpc) is 2.67. The van der Waals surface area contributed by atoms with Gasteiger partial charge < -0.3 is 24.8 Å². The zero-order valence-corrected chi connectivity index (χ0v) is 14.9. The van der Waals surface area contributed by atoms with Crippen LogP contribution in [0.3, 0.4) is 0 Å². The fraction of sp³-hybridized carbons (Fsp3) is 0.381. The monoisotopic (exact) mass is 372 g/mol. The number of aliphatic carboxylic acids is 1. The number of benzene rings is 2. The summed E-state index contributed by atoms with van der Waals surface area (Å²) in [6.07, 6.45) is -3.45. The lowest BCUT2D eigenvalue weighted by atomic mass is 9.79. The molecule has 1 saturated carbocycles. The Morgan fingerprint density at radius 3 is 1.85 bits per heavy atom. The third-order valence-corrected chi connectivity index (χ3v) is 4.87. The van der Waals surface area contributed by atoms with Gasteiger partial charge in [-0.1, -0.05) is 60.7 Å². The minimum absolute atomic E-state index is 0.0854. The van der Waals surface area contributed by atoms with Gasteiger partial charge in [0, 0.05) is 12.8 Å². The Morgan fingerprint density at radius 2 is 1.37 bits per heavy atom. The Labute approximate surface area is 158 Å². The first kappa shape index (κ1) is 19.5. The van der Waals surface area contributed by atoms with E-state index >= 15 is 0 Å². The minimum atomic E-state index is -1.65. The van der Waals surface area contributed by atoms with Gasteiger partial charge in [-0.2, -0.15) is 0 Å². The third kappa shape index (κ3) is 4.73. The molecule has 2 aromatic carbocycles. The number of hydrogen-bond donors (Lipinski definition) is 3. The van der Waals surface area contributed by atoms with Gasteiger partial charge in [0.1, 0.15) is 6.10 Å². The Balaban J connectivity index is 1.65. The zero-order chi connectivity index (χ0) is 19.3. The van der Waals surface area contributed by atoms with Gasteiger partial charge in [0.2, 0.25) is 0 Å². The van der Waals surface area contributed by atoms with Crippen molar-refractivity contribution in [3.05, 3.63) is 71.8 Å². The van der Waals surface area contributed by atoms with E-state index in [2.05, 4.69) is 0 Å². The molecular formula is C21H24O6. The molecule has 1 fully saturated rings. The van der Waals surface area contributed by atoms with Crippen molar-refractivity contribution in [3.63, 3.8) is 0 Å². The zero-order valence-electron chi connectivity index (χ0n) is 14.9. The molecule has 1 aliphatic rings. The van der Waals surface area contributed by atoms with Gasteiger partial charge in [-0.3, -0.25) is 0 Å². The summed E-state index contributed by atoms with van der Waals surface area (Å²) in [7, 11) is 0. The van der Waals surface area contributed by atoms with Crippen LogP contribution in [0.25, 0.3) is 0 Å². The molecule has 0 amide bonds. The highest BCUT2D eigenvalue weighted by molar-refractivity contribution is 5.78. The molecule has 0 heterocycles. The van der Waals surface area contributed by atoms with Crippen LogP contribution in [0.2, 0.25) is 0 Å². The van der Waals surface area contributed by atoms with Crippen molar-refractivity contribution in [2.45, 2.75) is 50.0 Å². The van der Waals surface area contributed by atoms with E-state index in [0.717, 1.165) is 11.1 Å². The average molecular weight is 372 g/mol. The van der Waals surface area contributed by atoms with Crippen LogP contribution in [-0.2, 0) is 27.5 Å². The summed E-state index contributed by atoms with van der Waals surface area (Å²) in [5, 5.41) is 30.6. The maximum absolute atomic E-state index is 11.9. The second-order valence-electron chi connectivity index (χ2n) is 6.88. The molecule has 2 aromatic rings. The molecule has 2 atom stereocenters. The summed E-state index contributed by atoms with van der Waals surface area (Å²) >= 11 is 0. The van der Waals surface area contributed by atoms with Crippen molar-refractivity contribution < 1.29 is 29.6 Å². The van der Waals surface area contributed by atoms with Gasteiger partial charge in [0.15, 0.2) is 5.60 Å². The Morgan fingerprint density at radius 1 is 0.889 bits per heavy atom. The maximum Gasteiger partial charge on any atom is 0.336 e. The maximum atomic E-state index is 11.9. The fourth-order valence-corrected chi connectivity index (χ4v) is 3.39. The van der Waals surface area contributed by atoms with Crippen molar-refractivity contribution in [1.29, 1.82) is 0 Å². The van der Waals surface area contributed by atoms with Crippen LogP contribution in [0.15, 0.2) is 60.7 Å². The number of carbonyl (C=O) groups is 1. The molecule has 6 heteroatoms. The summed E-state index contributed by atoms with van der Waals surface area (Å²) in [4.78, 5) is 11.9. The number of ether oxygens (including phenoxy) is 2. The van der Waals surface area contributed by atoms with Crippen LogP contribution in [0.5, 0.6) is 0 Å². The lowest BCUT2D eigenvalue weighted by molar-refractivity contribution is -0.211. The van der Waals surface area contributed by atoms with Crippen molar-refractivity contribution >= 4 is 5.97 Å². The van der Waals surface area contributed by atoms with E-state index in [4.69, 9.17) is 9.47 Å². The van der Waals surface area contributed by atoms with E-state index in [0.29, 0.717) is 0 Å². The highest BCUT2D eigenvalue weighted by Crippen LogP contribution is 2.35. The largest absolute Gasteiger partial charge is 0.479 e. The SMILES string of the molecule is O=C(O)C1(OCc2ccccc2)C[C@@H](O)C(OCc2ccccc2)[C@H](O)C1. The molecule has 0 spiro atoms. The summed E-state index contributed by atoms with van der Waals surface area (Å²) in [5.74, 6) is -1.20. The summed E-state index contributed by atoms with van der Waals surface area (Å²) in [6, 6.07) is 18.6. The Bertz CT molecular complexity index is 721. The first-order valence-electron chi connectivity index (χ1n) is 8.93. The van der Waals surface area contributed by atoms with Crippen molar-refractivity contribution in [3.8, 4) is 0 Å². The molecule has 1 aliphatic carbocycles. The van der Waals surface area contributed by atoms with Crippen molar-refractivity contribution in [2.24, 2.45) is 0 Å². The van der Waals surface area contributed by atoms with Gasteiger partial charge in [0.25, 0.3) is 0 Å². The number of aliphatic hydroxyl groups excluding tert-OH is 2. The third-order valence-electron chi connectivity index (χ3n) is 4.87. The van der Waals surface area contributed by atoms with Crippen LogP contribution in [-0.4, -0.2) is 45.2 Å². The molecule has 0 radical (unpaired) electrons. The van der Waals surface area contributed by atoms with Crippen molar-refractivity contribution in [2.75, 3.05) is 0 Å². The highest BCUT2D eigenvalue weighted by Gasteiger charge is 2.51. The predicted octanol–water partition coefficient (Wildman–Crippen LogP) is 2.13. The summed E-state index contributed by atoms with van der Waals surface area (Å²) in [5.41, 5.74) is 0.0817. The lowest BCUT2D eigenvalue weighted by Gasteiger charge is -2.42. The van der Waals surface area contributed by atoms with E-state index in [1.165, 1.54) is 0 Å². The van der Waals surface area contributed by atoms with Gasteiger partial charge in [-0.25, -0.2) is 4.79 Å². The molecule has 0 aromatic heterocycles. The quantitative estimate of drug-likeness (QED) is 0.689. The molecular weight excluding hydrogens is 348 g/mol. The van der Waals surface area contributed by atoms with Crippen LogP contribution in [0.4, 0.5) is 0 Å². The van der Waals surface area contributed by atoms with Gasteiger partial charge in [-0.05, 0) is 11.1 Å². The van der Waals surface area contributed by atoms with Gasteiger partial charge in [-0.15, -0.1) is 0 Å². The lowest BCUT2D eigenvalue weighted by Crippen LogP contribution is -2.58. The van der Waals surface area contributed by atoms with Crippen molar-refractivity contribution in [1.82, 2.24) is 0 Å². The molecule has 3 N–H and O–H groups in total. The molecule has 0 aliphatic heterocycles. The molecule has 144 valence electrons. The minimum Gasteiger partial charge on any atom is -0.479 e. The standard InChI is InChI=1S/C21H24O6/c22-17-11-21(20(24)25,27-14-16-9-5-2-6-10-16)12-18(23)19(17)26-13-15-7-3-1-4-8-15/h1-10,17-19,22-23H,11-14H2,(H,24,25)/t17-,18-,19?,21?/m1/s1. The van der Waals surface area contributed by atoms with Crippen LogP contribution < -0.4 is 0 Å². The summed E-state index contributed by atoms with van der Waals surface area (Å²) < 4.78 is 11.4. The molecule has 3 rings (SSSR count). The van der Waals surface area contributed by atoms with E-state index in [1.807, 2.05) is 60.7 Å². The first-order valence-corrected chi connectivity index (χ1v) is 8.93. The van der Waals surface area contributed by atoms with Crippen LogP contribution >= 0.6 is 0 Å². The topological polar surface area (TPSA) is 96.2 Å². The molecule has 0 saturated heterocycles. The number of carboxylic acid groups (broad SMARTS) is 1. The molecule has 0 bridgehead atoms. The van der Waals surface area contributed by atoms with Crippen LogP contribution in [0.1, 0.15) is 24.0 Å². The summed E-state index contributed by atoms with van der Waals surface area (Å²) in [6.45, 7) is 0.312. The van der Waals surface area contributed by atoms with E-state index in [1.54, 1.807) is 0 Å². The number of aliphatic hydroxyl groups is 2. The first-order chi connectivity index (χ1) is 13.0.